The van der Waals surface area contributed by atoms with Crippen LogP contribution in [0.4, 0.5) is 0 Å². The fourth-order valence-corrected chi connectivity index (χ4v) is 5.09. The minimum atomic E-state index is 0. The minimum Gasteiger partial charge on any atom is -0.378 e. The lowest BCUT2D eigenvalue weighted by Gasteiger charge is -2.33. The number of nitrogens with one attached hydrogen (secondary N) is 1. The van der Waals surface area contributed by atoms with E-state index in [1.807, 2.05) is 0 Å². The van der Waals surface area contributed by atoms with Gasteiger partial charge in [0, 0.05) is 25.6 Å². The molecule has 0 aromatic rings. The first kappa shape index (κ1) is 18.5. The van der Waals surface area contributed by atoms with Crippen molar-refractivity contribution in [2.45, 2.75) is 63.9 Å². The second-order valence-electron chi connectivity index (χ2n) is 8.38. The predicted molar refractivity (Wildman–Crippen MR) is 97.4 cm³/mol. The van der Waals surface area contributed by atoms with Crippen LogP contribution in [-0.4, -0.2) is 49.7 Å². The van der Waals surface area contributed by atoms with Gasteiger partial charge in [0.15, 0.2) is 0 Å². The summed E-state index contributed by atoms with van der Waals surface area (Å²) in [5.74, 6) is 1.59. The second-order valence-corrected chi connectivity index (χ2v) is 8.38. The van der Waals surface area contributed by atoms with E-state index in [0.29, 0.717) is 23.3 Å². The van der Waals surface area contributed by atoms with Gasteiger partial charge in [-0.1, -0.05) is 12.8 Å². The van der Waals surface area contributed by atoms with Crippen LogP contribution >= 0.6 is 12.4 Å². The molecule has 0 aromatic heterocycles. The Morgan fingerprint density at radius 1 is 1.08 bits per heavy atom. The average Bonchev–Trinajstić information content (AvgIpc) is 3.04. The number of likely N-dealkylation sites (tertiary alicyclic amines) is 1. The Balaban J connectivity index is 0.00000169. The molecule has 0 bridgehead atoms. The summed E-state index contributed by atoms with van der Waals surface area (Å²) >= 11 is 0. The van der Waals surface area contributed by atoms with Gasteiger partial charge in [0.25, 0.3) is 0 Å². The summed E-state index contributed by atoms with van der Waals surface area (Å²) in [6, 6.07) is 0. The van der Waals surface area contributed by atoms with Crippen LogP contribution in [-0.2, 0) is 9.53 Å². The zero-order chi connectivity index (χ0) is 15.7. The molecule has 2 saturated heterocycles. The standard InChI is InChI=1S/C19H32N2O2.ClH/c22-18(17-13-19(17)7-9-20-10-8-19)21-11-5-16(6-12-21)23-14-15-3-1-2-4-15;/h15-17,20H,1-14H2;1H. The van der Waals surface area contributed by atoms with E-state index in [0.717, 1.165) is 58.0 Å². The summed E-state index contributed by atoms with van der Waals surface area (Å²) in [5.41, 5.74) is 0.373. The van der Waals surface area contributed by atoms with Crippen LogP contribution < -0.4 is 5.32 Å². The van der Waals surface area contributed by atoms with Gasteiger partial charge in [-0.25, -0.2) is 0 Å². The quantitative estimate of drug-likeness (QED) is 0.841. The number of ether oxygens (including phenoxy) is 1. The van der Waals surface area contributed by atoms with Gasteiger partial charge in [-0.15, -0.1) is 12.4 Å². The normalized spacial score (nSPS) is 30.3. The van der Waals surface area contributed by atoms with Crippen molar-refractivity contribution >= 4 is 18.3 Å². The maximum atomic E-state index is 12.8. The van der Waals surface area contributed by atoms with Crippen LogP contribution in [0.3, 0.4) is 0 Å². The highest BCUT2D eigenvalue weighted by molar-refractivity contribution is 5.85. The van der Waals surface area contributed by atoms with E-state index in [4.69, 9.17) is 4.74 Å². The van der Waals surface area contributed by atoms with Gasteiger partial charge < -0.3 is 15.0 Å². The number of nitrogens with zero attached hydrogens (tertiary/aromatic N) is 1. The third-order valence-corrected chi connectivity index (χ3v) is 6.88. The molecule has 1 N–H and O–H groups in total. The topological polar surface area (TPSA) is 41.6 Å². The van der Waals surface area contributed by atoms with Crippen molar-refractivity contribution in [1.29, 1.82) is 0 Å². The lowest BCUT2D eigenvalue weighted by Crippen LogP contribution is -2.43. The number of halogens is 1. The van der Waals surface area contributed by atoms with Crippen molar-refractivity contribution in [3.63, 3.8) is 0 Å². The molecule has 2 saturated carbocycles. The highest BCUT2D eigenvalue weighted by atomic mass is 35.5. The molecular formula is C19H33ClN2O2. The van der Waals surface area contributed by atoms with Crippen LogP contribution in [0.5, 0.6) is 0 Å². The molecule has 1 spiro atoms. The van der Waals surface area contributed by atoms with Crippen molar-refractivity contribution in [2.75, 3.05) is 32.8 Å². The van der Waals surface area contributed by atoms with E-state index in [2.05, 4.69) is 10.2 Å². The summed E-state index contributed by atoms with van der Waals surface area (Å²) in [6.07, 6.45) is 11.5. The highest BCUT2D eigenvalue weighted by Gasteiger charge is 2.58. The first-order chi connectivity index (χ1) is 11.3. The fourth-order valence-electron chi connectivity index (χ4n) is 5.09. The van der Waals surface area contributed by atoms with Crippen LogP contribution in [0, 0.1) is 17.3 Å². The molecule has 4 fully saturated rings. The molecular weight excluding hydrogens is 324 g/mol. The van der Waals surface area contributed by atoms with E-state index < -0.39 is 0 Å². The first-order valence-electron chi connectivity index (χ1n) is 9.88. The SMILES string of the molecule is Cl.O=C(C1CC12CCNCC2)N1CCC(OCC2CCCC2)CC1. The second kappa shape index (κ2) is 7.92. The van der Waals surface area contributed by atoms with Crippen molar-refractivity contribution in [2.24, 2.45) is 17.3 Å². The Bertz CT molecular complexity index is 425. The number of carbonyl (C=O) groups is 1. The molecule has 0 aromatic carbocycles. The molecule has 2 heterocycles. The van der Waals surface area contributed by atoms with Gasteiger partial charge in [-0.3, -0.25) is 4.79 Å². The third kappa shape index (κ3) is 3.91. The van der Waals surface area contributed by atoms with Crippen LogP contribution in [0.15, 0.2) is 0 Å². The van der Waals surface area contributed by atoms with Crippen LogP contribution in [0.25, 0.3) is 0 Å². The molecule has 1 amide bonds. The van der Waals surface area contributed by atoms with Gasteiger partial charge in [-0.05, 0) is 69.4 Å². The number of rotatable bonds is 4. The third-order valence-electron chi connectivity index (χ3n) is 6.88. The Kier molecular flexibility index (Phi) is 6.10. The summed E-state index contributed by atoms with van der Waals surface area (Å²) < 4.78 is 6.13. The average molecular weight is 357 g/mol. The van der Waals surface area contributed by atoms with Crippen LogP contribution in [0.1, 0.15) is 57.8 Å². The number of carbonyl (C=O) groups excluding carboxylic acids is 1. The van der Waals surface area contributed by atoms with Crippen molar-refractivity contribution in [3.8, 4) is 0 Å². The lowest BCUT2D eigenvalue weighted by atomic mass is 9.91. The Morgan fingerprint density at radius 3 is 2.42 bits per heavy atom. The number of piperidine rings is 2. The smallest absolute Gasteiger partial charge is 0.226 e. The Labute approximate surface area is 152 Å². The van der Waals surface area contributed by atoms with Crippen LogP contribution in [0.2, 0.25) is 0 Å². The summed E-state index contributed by atoms with van der Waals surface area (Å²) in [5, 5.41) is 3.42. The molecule has 138 valence electrons. The zero-order valence-corrected chi connectivity index (χ0v) is 15.6. The highest BCUT2D eigenvalue weighted by Crippen LogP contribution is 2.59. The largest absolute Gasteiger partial charge is 0.378 e. The Morgan fingerprint density at radius 2 is 1.75 bits per heavy atom. The fraction of sp³-hybridized carbons (Fsp3) is 0.947. The molecule has 1 unspecified atom stereocenters. The number of hydrogen-bond donors (Lipinski definition) is 1. The van der Waals surface area contributed by atoms with Gasteiger partial charge in [0.05, 0.1) is 6.10 Å². The summed E-state index contributed by atoms with van der Waals surface area (Å²) in [7, 11) is 0. The lowest BCUT2D eigenvalue weighted by molar-refractivity contribution is -0.136. The molecule has 4 nitrogen and oxygen atoms in total. The van der Waals surface area contributed by atoms with E-state index in [9.17, 15) is 4.79 Å². The van der Waals surface area contributed by atoms with Gasteiger partial charge in [0.2, 0.25) is 5.91 Å². The molecule has 5 heteroatoms. The molecule has 1 atom stereocenters. The Hall–Kier alpha value is -0.320. The maximum absolute atomic E-state index is 12.8. The monoisotopic (exact) mass is 356 g/mol. The predicted octanol–water partition coefficient (Wildman–Crippen LogP) is 3.00. The summed E-state index contributed by atoms with van der Waals surface area (Å²) in [4.78, 5) is 14.9. The molecule has 2 aliphatic heterocycles. The van der Waals surface area contributed by atoms with Crippen molar-refractivity contribution in [3.05, 3.63) is 0 Å². The maximum Gasteiger partial charge on any atom is 0.226 e. The van der Waals surface area contributed by atoms with E-state index in [1.54, 1.807) is 0 Å². The first-order valence-corrected chi connectivity index (χ1v) is 9.88. The number of hydrogen-bond acceptors (Lipinski definition) is 3. The number of amides is 1. The zero-order valence-electron chi connectivity index (χ0n) is 14.8. The molecule has 2 aliphatic carbocycles. The molecule has 4 aliphatic rings. The van der Waals surface area contributed by atoms with Crippen molar-refractivity contribution < 1.29 is 9.53 Å². The van der Waals surface area contributed by atoms with E-state index in [1.165, 1.54) is 38.5 Å². The summed E-state index contributed by atoms with van der Waals surface area (Å²) in [6.45, 7) is 4.98. The van der Waals surface area contributed by atoms with E-state index in [-0.39, 0.29) is 12.4 Å². The molecule has 4 rings (SSSR count). The van der Waals surface area contributed by atoms with E-state index >= 15 is 0 Å². The minimum absolute atomic E-state index is 0. The van der Waals surface area contributed by atoms with Gasteiger partial charge in [-0.2, -0.15) is 0 Å². The van der Waals surface area contributed by atoms with Gasteiger partial charge in [0.1, 0.15) is 0 Å². The van der Waals surface area contributed by atoms with Gasteiger partial charge >= 0.3 is 0 Å². The van der Waals surface area contributed by atoms with Crippen molar-refractivity contribution in [1.82, 2.24) is 10.2 Å². The molecule has 24 heavy (non-hydrogen) atoms. The molecule has 0 radical (unpaired) electrons.